The molecule has 5 rings (SSSR count). The van der Waals surface area contributed by atoms with Crippen LogP contribution in [0.2, 0.25) is 0 Å². The number of hydrogen-bond acceptors (Lipinski definition) is 13. The summed E-state index contributed by atoms with van der Waals surface area (Å²) >= 11 is 0. The number of nitrogens with two attached hydrogens (primary N) is 2. The molecule has 14 heteroatoms. The van der Waals surface area contributed by atoms with Crippen LogP contribution in [0.4, 0.5) is 0 Å². The summed E-state index contributed by atoms with van der Waals surface area (Å²) in [7, 11) is 1.32. The molecule has 242 valence electrons. The summed E-state index contributed by atoms with van der Waals surface area (Å²) in [5.41, 5.74) is 7.96. The maximum atomic E-state index is 13.8. The fraction of sp³-hybridized carbons (Fsp3) is 0.484. The van der Waals surface area contributed by atoms with Gasteiger partial charge >= 0.3 is 0 Å². The van der Waals surface area contributed by atoms with Gasteiger partial charge in [0, 0.05) is 36.0 Å². The molecule has 0 saturated carbocycles. The predicted molar refractivity (Wildman–Crippen MR) is 156 cm³/mol. The fourth-order valence-corrected chi connectivity index (χ4v) is 6.37. The van der Waals surface area contributed by atoms with Gasteiger partial charge in [-0.2, -0.15) is 0 Å². The number of phenolic OH excluding ortho intramolecular Hbond substituents is 2. The lowest BCUT2D eigenvalue weighted by Gasteiger charge is -2.43. The molecule has 0 aromatic heterocycles. The number of rotatable bonds is 8. The Morgan fingerprint density at radius 2 is 1.84 bits per heavy atom. The van der Waals surface area contributed by atoms with Crippen molar-refractivity contribution in [3.8, 4) is 17.2 Å². The average molecular weight is 628 g/mol. The molecule has 1 saturated heterocycles. The van der Waals surface area contributed by atoms with Gasteiger partial charge in [0.15, 0.2) is 17.9 Å². The summed E-state index contributed by atoms with van der Waals surface area (Å²) in [4.78, 5) is 52.7. The van der Waals surface area contributed by atoms with E-state index in [1.54, 1.807) is 6.92 Å². The Bertz CT molecular complexity index is 1580. The number of amides is 1. The normalized spacial score (nSPS) is 28.0. The molecule has 2 aliphatic carbocycles. The number of aromatic hydroxyl groups is 2. The zero-order valence-corrected chi connectivity index (χ0v) is 25.0. The Morgan fingerprint density at radius 1 is 1.16 bits per heavy atom. The summed E-state index contributed by atoms with van der Waals surface area (Å²) < 4.78 is 17.3. The second-order valence-electron chi connectivity index (χ2n) is 11.8. The van der Waals surface area contributed by atoms with E-state index in [-0.39, 0.29) is 47.4 Å². The van der Waals surface area contributed by atoms with E-state index in [1.807, 2.05) is 0 Å². The number of benzene rings is 2. The molecule has 0 bridgehead atoms. The van der Waals surface area contributed by atoms with Gasteiger partial charge in [-0.05, 0) is 32.9 Å². The number of aliphatic hydroxyl groups excluding tert-OH is 1. The van der Waals surface area contributed by atoms with Crippen LogP contribution in [-0.2, 0) is 25.5 Å². The minimum absolute atomic E-state index is 0.0469. The highest BCUT2D eigenvalue weighted by molar-refractivity contribution is 6.31. The van der Waals surface area contributed by atoms with Crippen molar-refractivity contribution in [1.29, 1.82) is 0 Å². The molecule has 2 aromatic rings. The Morgan fingerprint density at radius 3 is 2.49 bits per heavy atom. The zero-order valence-electron chi connectivity index (χ0n) is 25.0. The quantitative estimate of drug-likeness (QED) is 0.161. The molecule has 1 amide bonds. The van der Waals surface area contributed by atoms with Crippen LogP contribution in [0.25, 0.3) is 0 Å². The summed E-state index contributed by atoms with van der Waals surface area (Å²) in [6.07, 6.45) is -5.28. The van der Waals surface area contributed by atoms with Crippen LogP contribution in [-0.4, -0.2) is 93.5 Å². The number of aliphatic hydroxyl groups is 2. The summed E-state index contributed by atoms with van der Waals surface area (Å²) in [6, 6.07) is 2.59. The fourth-order valence-electron chi connectivity index (χ4n) is 6.37. The molecule has 1 heterocycles. The number of ether oxygens (including phenoxy) is 3. The lowest BCUT2D eigenvalue weighted by molar-refractivity contribution is -0.249. The van der Waals surface area contributed by atoms with Crippen molar-refractivity contribution in [2.45, 2.75) is 81.8 Å². The van der Waals surface area contributed by atoms with Crippen molar-refractivity contribution in [3.63, 3.8) is 0 Å². The van der Waals surface area contributed by atoms with Gasteiger partial charge in [-0.1, -0.05) is 12.1 Å². The number of Topliss-reactive ketones (excluding diaryl/α,β-unsaturated/α-hetero) is 1. The van der Waals surface area contributed by atoms with Crippen LogP contribution in [0.1, 0.15) is 82.2 Å². The predicted octanol–water partition coefficient (Wildman–Crippen LogP) is -0.137. The third kappa shape index (κ3) is 5.47. The third-order valence-electron chi connectivity index (χ3n) is 8.90. The molecule has 2 aromatic carbocycles. The molecule has 9 N–H and O–H groups in total. The second-order valence-corrected chi connectivity index (χ2v) is 11.8. The topological polar surface area (TPSA) is 241 Å². The van der Waals surface area contributed by atoms with Crippen LogP contribution in [0, 0.1) is 0 Å². The molecule has 0 radical (unpaired) electrons. The molecule has 14 nitrogen and oxygen atoms in total. The average Bonchev–Trinajstić information content (AvgIpc) is 2.99. The maximum absolute atomic E-state index is 13.8. The molecule has 1 fully saturated rings. The van der Waals surface area contributed by atoms with Gasteiger partial charge < -0.3 is 51.4 Å². The van der Waals surface area contributed by atoms with E-state index in [9.17, 15) is 39.6 Å². The highest BCUT2D eigenvalue weighted by Gasteiger charge is 2.49. The Hall–Kier alpha value is -3.92. The van der Waals surface area contributed by atoms with Gasteiger partial charge in [-0.3, -0.25) is 19.2 Å². The molecule has 0 spiro atoms. The van der Waals surface area contributed by atoms with Crippen LogP contribution in [0.5, 0.6) is 17.2 Å². The molecule has 3 aliphatic rings. The van der Waals surface area contributed by atoms with Crippen molar-refractivity contribution >= 4 is 23.3 Å². The first-order chi connectivity index (χ1) is 21.2. The van der Waals surface area contributed by atoms with Gasteiger partial charge in [-0.15, -0.1) is 0 Å². The number of ketones is 3. The van der Waals surface area contributed by atoms with E-state index in [0.29, 0.717) is 0 Å². The van der Waals surface area contributed by atoms with Crippen LogP contribution in [0.3, 0.4) is 0 Å². The SMILES string of the molecule is COc1cccc2c1C(=O)c1c(O)c3c(c(O)c1C2=O)C[C@@](O)(C(C)=O)C[C@H]3O[C@H]1C[C@@H](NC(=O)[C@H](N)CCN)[C@@H](O)[C@@H](C)O1. The first-order valence-electron chi connectivity index (χ1n) is 14.6. The van der Waals surface area contributed by atoms with Crippen molar-refractivity contribution in [2.24, 2.45) is 11.5 Å². The largest absolute Gasteiger partial charge is 0.507 e. The molecule has 1 aliphatic heterocycles. The third-order valence-corrected chi connectivity index (χ3v) is 8.90. The van der Waals surface area contributed by atoms with E-state index in [1.165, 1.54) is 25.3 Å². The number of methoxy groups -OCH3 is 1. The second kappa shape index (κ2) is 12.1. The summed E-state index contributed by atoms with van der Waals surface area (Å²) in [5.74, 6) is -3.99. The standard InChI is InChI=1S/C31H37N3O11/c1-12-25(36)17(34-30(41)16(33)7-8-32)9-20(44-12)45-19-11-31(42,13(2)35)10-15-22(19)29(40)24-23(27(15)38)26(37)14-5-4-6-18(43-3)21(14)28(24)39/h4-6,12,16-17,19-20,25,36,38,40,42H,7-11,32-33H2,1-3H3,(H,34,41)/t12-,16-,17-,19-,20+,25+,31+/m1/s1. The Labute approximate surface area is 258 Å². The highest BCUT2D eigenvalue weighted by Crippen LogP contribution is 2.52. The minimum atomic E-state index is -2.08. The number of carbonyl (C=O) groups excluding carboxylic acids is 4. The number of phenols is 2. The van der Waals surface area contributed by atoms with E-state index in [2.05, 4.69) is 5.32 Å². The van der Waals surface area contributed by atoms with Crippen molar-refractivity contribution in [1.82, 2.24) is 5.32 Å². The van der Waals surface area contributed by atoms with Gasteiger partial charge in [0.25, 0.3) is 0 Å². The first kappa shape index (κ1) is 32.5. The van der Waals surface area contributed by atoms with E-state index in [4.69, 9.17) is 25.7 Å². The van der Waals surface area contributed by atoms with Crippen molar-refractivity contribution < 1.29 is 53.8 Å². The Balaban J connectivity index is 1.57. The van der Waals surface area contributed by atoms with Gasteiger partial charge in [0.05, 0.1) is 48.1 Å². The van der Waals surface area contributed by atoms with Gasteiger partial charge in [-0.25, -0.2) is 0 Å². The smallest absolute Gasteiger partial charge is 0.237 e. The van der Waals surface area contributed by atoms with Crippen LogP contribution >= 0.6 is 0 Å². The van der Waals surface area contributed by atoms with E-state index < -0.39 is 101 Å². The van der Waals surface area contributed by atoms with Crippen molar-refractivity contribution in [2.75, 3.05) is 13.7 Å². The first-order valence-corrected chi connectivity index (χ1v) is 14.6. The summed E-state index contributed by atoms with van der Waals surface area (Å²) in [6.45, 7) is 2.88. The monoisotopic (exact) mass is 627 g/mol. The highest BCUT2D eigenvalue weighted by atomic mass is 16.7. The zero-order chi connectivity index (χ0) is 33.0. The van der Waals surface area contributed by atoms with Crippen molar-refractivity contribution in [3.05, 3.63) is 51.6 Å². The van der Waals surface area contributed by atoms with Crippen LogP contribution < -0.4 is 21.5 Å². The molecular formula is C31H37N3O11. The number of hydrogen-bond donors (Lipinski definition) is 7. The van der Waals surface area contributed by atoms with Crippen LogP contribution in [0.15, 0.2) is 18.2 Å². The van der Waals surface area contributed by atoms with E-state index in [0.717, 1.165) is 6.92 Å². The molecule has 7 atom stereocenters. The number of nitrogens with one attached hydrogen (secondary N) is 1. The van der Waals surface area contributed by atoms with Gasteiger partial charge in [0.1, 0.15) is 29.0 Å². The number of fused-ring (bicyclic) bond motifs is 3. The summed E-state index contributed by atoms with van der Waals surface area (Å²) in [5, 5.41) is 47.9. The lowest BCUT2D eigenvalue weighted by atomic mass is 9.72. The number of carbonyl (C=O) groups is 4. The molecule has 0 unspecified atom stereocenters. The molecule has 45 heavy (non-hydrogen) atoms. The van der Waals surface area contributed by atoms with E-state index >= 15 is 0 Å². The Kier molecular flexibility index (Phi) is 8.74. The maximum Gasteiger partial charge on any atom is 0.237 e. The van der Waals surface area contributed by atoms with Gasteiger partial charge in [0.2, 0.25) is 11.7 Å². The molecular weight excluding hydrogens is 590 g/mol. The lowest BCUT2D eigenvalue weighted by Crippen LogP contribution is -2.58. The minimum Gasteiger partial charge on any atom is -0.507 e.